The predicted octanol–water partition coefficient (Wildman–Crippen LogP) is 3.60. The van der Waals surface area contributed by atoms with Gasteiger partial charge in [-0.1, -0.05) is 30.3 Å². The summed E-state index contributed by atoms with van der Waals surface area (Å²) in [5, 5.41) is 4.59. The third kappa shape index (κ3) is 3.60. The Bertz CT molecular complexity index is 1420. The molecular weight excluding hydrogens is 428 g/mol. The van der Waals surface area contributed by atoms with Gasteiger partial charge in [-0.2, -0.15) is 15.1 Å². The third-order valence-corrected chi connectivity index (χ3v) is 6.02. The minimum absolute atomic E-state index is 0.520. The molecule has 6 rings (SSSR count). The Morgan fingerprint density at radius 1 is 0.882 bits per heavy atom. The quantitative estimate of drug-likeness (QED) is 0.403. The minimum atomic E-state index is 0.520. The van der Waals surface area contributed by atoms with Crippen molar-refractivity contribution in [3.05, 3.63) is 67.3 Å². The zero-order valence-corrected chi connectivity index (χ0v) is 18.9. The van der Waals surface area contributed by atoms with Crippen LogP contribution < -0.4 is 4.90 Å². The van der Waals surface area contributed by atoms with Crippen LogP contribution in [0.2, 0.25) is 0 Å². The first-order valence-corrected chi connectivity index (χ1v) is 11.4. The van der Waals surface area contributed by atoms with E-state index in [0.29, 0.717) is 19.2 Å². The Kier molecular flexibility index (Phi) is 5.23. The number of ether oxygens (including phenoxy) is 1. The van der Waals surface area contributed by atoms with Crippen molar-refractivity contribution in [2.45, 2.75) is 13.5 Å². The van der Waals surface area contributed by atoms with Crippen molar-refractivity contribution in [1.82, 2.24) is 34.3 Å². The van der Waals surface area contributed by atoms with Gasteiger partial charge in [-0.3, -0.25) is 4.98 Å². The maximum Gasteiger partial charge on any atom is 0.254 e. The lowest BCUT2D eigenvalue weighted by atomic mass is 10.1. The summed E-state index contributed by atoms with van der Waals surface area (Å²) < 4.78 is 9.45. The van der Waals surface area contributed by atoms with Gasteiger partial charge in [0.1, 0.15) is 5.82 Å². The van der Waals surface area contributed by atoms with E-state index in [1.807, 2.05) is 42.7 Å². The summed E-state index contributed by atoms with van der Waals surface area (Å²) in [7, 11) is 0. The number of anilines is 1. The van der Waals surface area contributed by atoms with Gasteiger partial charge in [0, 0.05) is 49.4 Å². The van der Waals surface area contributed by atoms with Crippen LogP contribution in [0, 0.1) is 0 Å². The van der Waals surface area contributed by atoms with Gasteiger partial charge in [0.25, 0.3) is 5.95 Å². The van der Waals surface area contributed by atoms with Gasteiger partial charge in [0.05, 0.1) is 19.4 Å². The molecule has 0 amide bonds. The van der Waals surface area contributed by atoms with Crippen LogP contribution in [0.5, 0.6) is 0 Å². The maximum atomic E-state index is 5.58. The van der Waals surface area contributed by atoms with Crippen molar-refractivity contribution in [2.24, 2.45) is 0 Å². The van der Waals surface area contributed by atoms with E-state index in [2.05, 4.69) is 38.6 Å². The van der Waals surface area contributed by atoms with Crippen LogP contribution in [0.3, 0.4) is 0 Å². The molecule has 0 unspecified atom stereocenters. The molecule has 1 saturated heterocycles. The van der Waals surface area contributed by atoms with Gasteiger partial charge in [-0.15, -0.1) is 0 Å². The molecule has 9 heteroatoms. The number of benzene rings is 1. The number of nitrogens with zero attached hydrogens (tertiary/aromatic N) is 8. The molecule has 9 nitrogen and oxygen atoms in total. The van der Waals surface area contributed by atoms with Gasteiger partial charge in [-0.25, -0.2) is 9.67 Å². The molecule has 0 spiro atoms. The smallest absolute Gasteiger partial charge is 0.254 e. The standard InChI is InChI=1S/C25H24N8O/c1-2-32-22(19-8-10-26-11-9-19)28-21-23(31-12-14-34-15-13-31)29-25(30-24(21)32)33-17-20(16-27-33)18-6-4-3-5-7-18/h3-11,16-17H,2,12-15H2,1H3. The summed E-state index contributed by atoms with van der Waals surface area (Å²) in [6, 6.07) is 14.1. The lowest BCUT2D eigenvalue weighted by Gasteiger charge is -2.28. The van der Waals surface area contributed by atoms with E-state index >= 15 is 0 Å². The molecule has 0 atom stereocenters. The molecule has 4 aromatic heterocycles. The first-order chi connectivity index (χ1) is 16.8. The second kappa shape index (κ2) is 8.68. The van der Waals surface area contributed by atoms with E-state index in [9.17, 15) is 0 Å². The SMILES string of the molecule is CCn1c(-c2ccncc2)nc2c(N3CCOCC3)nc(-n3cc(-c4ccccc4)cn3)nc21. The maximum absolute atomic E-state index is 5.58. The molecule has 1 aromatic carbocycles. The van der Waals surface area contributed by atoms with Crippen molar-refractivity contribution >= 4 is 17.0 Å². The van der Waals surface area contributed by atoms with Crippen LogP contribution in [-0.2, 0) is 11.3 Å². The van der Waals surface area contributed by atoms with Gasteiger partial charge in [0.2, 0.25) is 0 Å². The molecule has 1 aliphatic rings. The Morgan fingerprint density at radius 3 is 2.44 bits per heavy atom. The second-order valence-corrected chi connectivity index (χ2v) is 8.07. The molecule has 0 radical (unpaired) electrons. The van der Waals surface area contributed by atoms with Crippen molar-refractivity contribution in [1.29, 1.82) is 0 Å². The number of pyridine rings is 1. The number of rotatable bonds is 5. The monoisotopic (exact) mass is 452 g/mol. The highest BCUT2D eigenvalue weighted by Crippen LogP contribution is 2.30. The molecule has 1 aliphatic heterocycles. The molecule has 1 fully saturated rings. The van der Waals surface area contributed by atoms with E-state index in [1.54, 1.807) is 17.1 Å². The second-order valence-electron chi connectivity index (χ2n) is 8.07. The number of aryl methyl sites for hydroxylation is 1. The zero-order chi connectivity index (χ0) is 22.9. The van der Waals surface area contributed by atoms with Crippen LogP contribution in [0.25, 0.3) is 39.6 Å². The fourth-order valence-corrected chi connectivity index (χ4v) is 4.31. The highest BCUT2D eigenvalue weighted by atomic mass is 16.5. The van der Waals surface area contributed by atoms with Crippen LogP contribution in [0.4, 0.5) is 5.82 Å². The number of morpholine rings is 1. The molecule has 5 heterocycles. The Morgan fingerprint density at radius 2 is 1.68 bits per heavy atom. The van der Waals surface area contributed by atoms with Gasteiger partial charge in [0.15, 0.2) is 17.0 Å². The zero-order valence-electron chi connectivity index (χ0n) is 18.9. The summed E-state index contributed by atoms with van der Waals surface area (Å²) in [6.07, 6.45) is 7.37. The van der Waals surface area contributed by atoms with Crippen LogP contribution in [-0.4, -0.2) is 60.6 Å². The molecule has 34 heavy (non-hydrogen) atoms. The number of hydrogen-bond acceptors (Lipinski definition) is 7. The number of fused-ring (bicyclic) bond motifs is 1. The summed E-state index contributed by atoms with van der Waals surface area (Å²) in [6.45, 7) is 5.65. The van der Waals surface area contributed by atoms with Crippen molar-refractivity contribution in [3.8, 4) is 28.5 Å². The highest BCUT2D eigenvalue weighted by Gasteiger charge is 2.24. The molecule has 5 aromatic rings. The normalized spacial score (nSPS) is 14.1. The van der Waals surface area contributed by atoms with Gasteiger partial charge >= 0.3 is 0 Å². The van der Waals surface area contributed by atoms with E-state index in [-0.39, 0.29) is 0 Å². The average molecular weight is 453 g/mol. The van der Waals surface area contributed by atoms with E-state index in [1.165, 1.54) is 0 Å². The average Bonchev–Trinajstić information content (AvgIpc) is 3.55. The predicted molar refractivity (Wildman–Crippen MR) is 130 cm³/mol. The van der Waals surface area contributed by atoms with Crippen LogP contribution >= 0.6 is 0 Å². The van der Waals surface area contributed by atoms with Crippen LogP contribution in [0.1, 0.15) is 6.92 Å². The lowest BCUT2D eigenvalue weighted by Crippen LogP contribution is -2.37. The Labute approximate surface area is 196 Å². The minimum Gasteiger partial charge on any atom is -0.378 e. The number of aromatic nitrogens is 7. The summed E-state index contributed by atoms with van der Waals surface area (Å²) in [5.74, 6) is 2.18. The van der Waals surface area contributed by atoms with Gasteiger partial charge < -0.3 is 14.2 Å². The molecule has 0 bridgehead atoms. The first kappa shape index (κ1) is 20.5. The topological polar surface area (TPSA) is 86.8 Å². The fraction of sp³-hybridized carbons (Fsp3) is 0.240. The lowest BCUT2D eigenvalue weighted by molar-refractivity contribution is 0.122. The Balaban J connectivity index is 1.54. The van der Waals surface area contributed by atoms with Crippen molar-refractivity contribution < 1.29 is 4.74 Å². The molecule has 0 N–H and O–H groups in total. The van der Waals surface area contributed by atoms with E-state index in [0.717, 1.165) is 59.1 Å². The fourth-order valence-electron chi connectivity index (χ4n) is 4.31. The number of imidazole rings is 1. The van der Waals surface area contributed by atoms with Crippen molar-refractivity contribution in [2.75, 3.05) is 31.2 Å². The largest absolute Gasteiger partial charge is 0.378 e. The van der Waals surface area contributed by atoms with E-state index < -0.39 is 0 Å². The summed E-state index contributed by atoms with van der Waals surface area (Å²) >= 11 is 0. The molecule has 170 valence electrons. The molecule has 0 saturated carbocycles. The Hall–Kier alpha value is -4.11. The molecular formula is C25H24N8O. The van der Waals surface area contributed by atoms with Crippen LogP contribution in [0.15, 0.2) is 67.3 Å². The molecule has 0 aliphatic carbocycles. The van der Waals surface area contributed by atoms with Crippen molar-refractivity contribution in [3.63, 3.8) is 0 Å². The summed E-state index contributed by atoms with van der Waals surface area (Å²) in [4.78, 5) is 21.3. The highest BCUT2D eigenvalue weighted by molar-refractivity contribution is 5.87. The van der Waals surface area contributed by atoms with E-state index in [4.69, 9.17) is 19.7 Å². The first-order valence-electron chi connectivity index (χ1n) is 11.4. The third-order valence-electron chi connectivity index (χ3n) is 6.02. The summed E-state index contributed by atoms with van der Waals surface area (Å²) in [5.41, 5.74) is 4.68. The van der Waals surface area contributed by atoms with Gasteiger partial charge in [-0.05, 0) is 24.6 Å². The number of hydrogen-bond donors (Lipinski definition) is 0.